The van der Waals surface area contributed by atoms with Gasteiger partial charge in [-0.05, 0) is 57.5 Å². The predicted molar refractivity (Wildman–Crippen MR) is 127 cm³/mol. The fraction of sp³-hybridized carbons (Fsp3) is 0.280. The molecule has 0 bridgehead atoms. The summed E-state index contributed by atoms with van der Waals surface area (Å²) in [6, 6.07) is 17.2. The van der Waals surface area contributed by atoms with E-state index in [9.17, 15) is 9.59 Å². The van der Waals surface area contributed by atoms with Crippen molar-refractivity contribution < 1.29 is 9.53 Å². The van der Waals surface area contributed by atoms with Crippen molar-refractivity contribution in [2.24, 2.45) is 0 Å². The number of para-hydroxylation sites is 1. The fourth-order valence-electron chi connectivity index (χ4n) is 3.76. The number of aromatic nitrogens is 4. The molecule has 2 heterocycles. The molecule has 0 aliphatic heterocycles. The Bertz CT molecular complexity index is 1340. The molecule has 1 N–H and O–H groups in total. The first kappa shape index (κ1) is 22.3. The second-order valence-corrected chi connectivity index (χ2v) is 8.19. The molecule has 0 saturated heterocycles. The van der Waals surface area contributed by atoms with Gasteiger partial charge in [-0.15, -0.1) is 0 Å². The van der Waals surface area contributed by atoms with Crippen LogP contribution in [-0.2, 0) is 17.9 Å². The van der Waals surface area contributed by atoms with Gasteiger partial charge in [0.25, 0.3) is 5.56 Å². The number of hydrogen-bond donors (Lipinski definition) is 1. The topological polar surface area (TPSA) is 91.0 Å². The van der Waals surface area contributed by atoms with Gasteiger partial charge in [-0.3, -0.25) is 9.59 Å². The highest BCUT2D eigenvalue weighted by molar-refractivity contribution is 5.83. The Morgan fingerprint density at radius 1 is 1.03 bits per heavy atom. The predicted octanol–water partition coefficient (Wildman–Crippen LogP) is 3.30. The van der Waals surface area contributed by atoms with Crippen LogP contribution in [0.2, 0.25) is 0 Å². The van der Waals surface area contributed by atoms with Gasteiger partial charge >= 0.3 is 0 Å². The first-order chi connectivity index (χ1) is 15.8. The van der Waals surface area contributed by atoms with Gasteiger partial charge in [-0.1, -0.05) is 30.3 Å². The molecule has 0 spiro atoms. The third-order valence-electron chi connectivity index (χ3n) is 5.26. The minimum Gasteiger partial charge on any atom is -0.491 e. The van der Waals surface area contributed by atoms with Gasteiger partial charge in [-0.2, -0.15) is 10.2 Å². The zero-order valence-electron chi connectivity index (χ0n) is 19.2. The SMILES string of the molecule is Cc1nn(CC(=O)NCc2ccc(OC(C)C)cc2)c(=O)c2nn(-c3ccccc3)c(C)c12. The van der Waals surface area contributed by atoms with Gasteiger partial charge in [0, 0.05) is 6.54 Å². The molecule has 2 aromatic heterocycles. The molecule has 8 nitrogen and oxygen atoms in total. The summed E-state index contributed by atoms with van der Waals surface area (Å²) >= 11 is 0. The third kappa shape index (κ3) is 4.79. The van der Waals surface area contributed by atoms with Crippen LogP contribution in [0.4, 0.5) is 0 Å². The van der Waals surface area contributed by atoms with E-state index in [1.165, 1.54) is 4.68 Å². The number of ether oxygens (including phenoxy) is 1. The summed E-state index contributed by atoms with van der Waals surface area (Å²) in [5.41, 5.74) is 3.19. The second-order valence-electron chi connectivity index (χ2n) is 8.19. The van der Waals surface area contributed by atoms with Crippen molar-refractivity contribution >= 4 is 16.8 Å². The molecule has 0 atom stereocenters. The highest BCUT2D eigenvalue weighted by Crippen LogP contribution is 2.21. The Hall–Kier alpha value is -3.94. The molecule has 0 fully saturated rings. The Balaban J connectivity index is 1.51. The maximum absolute atomic E-state index is 13.0. The van der Waals surface area contributed by atoms with Crippen molar-refractivity contribution in [1.29, 1.82) is 0 Å². The largest absolute Gasteiger partial charge is 0.491 e. The third-order valence-corrected chi connectivity index (χ3v) is 5.26. The Morgan fingerprint density at radius 2 is 1.73 bits per heavy atom. The van der Waals surface area contributed by atoms with Crippen molar-refractivity contribution in [1.82, 2.24) is 24.9 Å². The van der Waals surface area contributed by atoms with E-state index in [0.29, 0.717) is 23.1 Å². The number of amides is 1. The molecule has 170 valence electrons. The monoisotopic (exact) mass is 445 g/mol. The Kier molecular flexibility index (Phi) is 6.26. The van der Waals surface area contributed by atoms with Crippen LogP contribution in [0.15, 0.2) is 59.4 Å². The van der Waals surface area contributed by atoms with Gasteiger partial charge in [0.2, 0.25) is 5.91 Å². The van der Waals surface area contributed by atoms with Gasteiger partial charge in [0.1, 0.15) is 12.3 Å². The summed E-state index contributed by atoms with van der Waals surface area (Å²) in [6.07, 6.45) is 0.102. The number of carbonyl (C=O) groups excluding carboxylic acids is 1. The zero-order valence-corrected chi connectivity index (χ0v) is 19.2. The lowest BCUT2D eigenvalue weighted by atomic mass is 10.2. The number of rotatable bonds is 7. The molecule has 4 rings (SSSR count). The van der Waals surface area contributed by atoms with Gasteiger partial charge in [0.15, 0.2) is 5.52 Å². The average molecular weight is 446 g/mol. The Morgan fingerprint density at radius 3 is 2.39 bits per heavy atom. The van der Waals surface area contributed by atoms with Crippen LogP contribution in [0.1, 0.15) is 30.8 Å². The molecule has 0 radical (unpaired) electrons. The molecule has 4 aromatic rings. The van der Waals surface area contributed by atoms with E-state index < -0.39 is 5.56 Å². The maximum Gasteiger partial charge on any atom is 0.295 e. The maximum atomic E-state index is 13.0. The highest BCUT2D eigenvalue weighted by atomic mass is 16.5. The van der Waals surface area contributed by atoms with Crippen LogP contribution < -0.4 is 15.6 Å². The second kappa shape index (κ2) is 9.28. The molecule has 33 heavy (non-hydrogen) atoms. The molecule has 0 unspecified atom stereocenters. The highest BCUT2D eigenvalue weighted by Gasteiger charge is 2.18. The van der Waals surface area contributed by atoms with Crippen LogP contribution in [0.25, 0.3) is 16.6 Å². The Labute approximate surface area is 191 Å². The van der Waals surface area contributed by atoms with Crippen LogP contribution >= 0.6 is 0 Å². The number of nitrogens with zero attached hydrogens (tertiary/aromatic N) is 4. The van der Waals surface area contributed by atoms with E-state index in [4.69, 9.17) is 4.74 Å². The number of carbonyl (C=O) groups is 1. The number of aryl methyl sites for hydroxylation is 2. The first-order valence-corrected chi connectivity index (χ1v) is 10.9. The summed E-state index contributed by atoms with van der Waals surface area (Å²) < 4.78 is 8.54. The summed E-state index contributed by atoms with van der Waals surface area (Å²) in [6.45, 7) is 7.83. The average Bonchev–Trinajstić information content (AvgIpc) is 3.15. The zero-order chi connectivity index (χ0) is 23.5. The van der Waals surface area contributed by atoms with E-state index in [-0.39, 0.29) is 18.6 Å². The summed E-state index contributed by atoms with van der Waals surface area (Å²) in [4.78, 5) is 25.6. The smallest absolute Gasteiger partial charge is 0.295 e. The quantitative estimate of drug-likeness (QED) is 0.471. The lowest BCUT2D eigenvalue weighted by Crippen LogP contribution is -2.34. The normalized spacial score (nSPS) is 11.2. The van der Waals surface area contributed by atoms with E-state index >= 15 is 0 Å². The van der Waals surface area contributed by atoms with Crippen molar-refractivity contribution in [2.45, 2.75) is 46.9 Å². The van der Waals surface area contributed by atoms with E-state index in [0.717, 1.165) is 22.7 Å². The standard InChI is InChI=1S/C25H27N5O3/c1-16(2)33-21-12-10-19(11-13-21)14-26-22(31)15-29-25(32)24-23(17(3)27-29)18(4)30(28-24)20-8-6-5-7-9-20/h5-13,16H,14-15H2,1-4H3,(H,26,31). The van der Waals surface area contributed by atoms with Crippen molar-refractivity contribution in [3.8, 4) is 11.4 Å². The summed E-state index contributed by atoms with van der Waals surface area (Å²) in [7, 11) is 0. The molecule has 2 aromatic carbocycles. The van der Waals surface area contributed by atoms with Crippen molar-refractivity contribution in [3.05, 3.63) is 81.9 Å². The van der Waals surface area contributed by atoms with E-state index in [1.54, 1.807) is 4.68 Å². The molecule has 0 saturated carbocycles. The minimum atomic E-state index is -0.390. The van der Waals surface area contributed by atoms with Crippen molar-refractivity contribution in [2.75, 3.05) is 0 Å². The van der Waals surface area contributed by atoms with Gasteiger partial charge < -0.3 is 10.1 Å². The molecule has 1 amide bonds. The van der Waals surface area contributed by atoms with Crippen LogP contribution in [0.3, 0.4) is 0 Å². The lowest BCUT2D eigenvalue weighted by Gasteiger charge is -2.11. The van der Waals surface area contributed by atoms with Gasteiger partial charge in [-0.25, -0.2) is 9.36 Å². The molecular weight excluding hydrogens is 418 g/mol. The fourth-order valence-corrected chi connectivity index (χ4v) is 3.76. The number of nitrogens with one attached hydrogen (secondary N) is 1. The summed E-state index contributed by atoms with van der Waals surface area (Å²) in [5, 5.41) is 12.5. The van der Waals surface area contributed by atoms with Gasteiger partial charge in [0.05, 0.1) is 28.6 Å². The summed E-state index contributed by atoms with van der Waals surface area (Å²) in [5.74, 6) is 0.481. The molecule has 0 aliphatic carbocycles. The number of fused-ring (bicyclic) bond motifs is 1. The number of hydrogen-bond acceptors (Lipinski definition) is 5. The van der Waals surface area contributed by atoms with E-state index in [2.05, 4.69) is 15.5 Å². The van der Waals surface area contributed by atoms with Crippen LogP contribution in [-0.4, -0.2) is 31.6 Å². The molecular formula is C25H27N5O3. The van der Waals surface area contributed by atoms with E-state index in [1.807, 2.05) is 82.3 Å². The van der Waals surface area contributed by atoms with Crippen molar-refractivity contribution in [3.63, 3.8) is 0 Å². The van der Waals surface area contributed by atoms with Crippen LogP contribution in [0, 0.1) is 13.8 Å². The minimum absolute atomic E-state index is 0.102. The number of benzene rings is 2. The lowest BCUT2D eigenvalue weighted by molar-refractivity contribution is -0.122. The molecule has 8 heteroatoms. The first-order valence-electron chi connectivity index (χ1n) is 10.9. The van der Waals surface area contributed by atoms with Crippen LogP contribution in [0.5, 0.6) is 5.75 Å². The molecule has 0 aliphatic rings.